The zero-order chi connectivity index (χ0) is 18.3. The normalized spacial score (nSPS) is 20.0. The Bertz CT molecular complexity index is 915. The van der Waals surface area contributed by atoms with Crippen LogP contribution in [0.15, 0.2) is 42.4 Å². The first-order valence-corrected chi connectivity index (χ1v) is 8.74. The lowest BCUT2D eigenvalue weighted by Crippen LogP contribution is -2.21. The van der Waals surface area contributed by atoms with Crippen molar-refractivity contribution >= 4 is 17.8 Å². The smallest absolute Gasteiger partial charge is 0.311 e. The molecule has 3 heterocycles. The molecule has 0 saturated heterocycles. The highest BCUT2D eigenvalue weighted by atomic mass is 16.5. The van der Waals surface area contributed by atoms with E-state index in [1.165, 1.54) is 0 Å². The largest absolute Gasteiger partial charge is 0.452 e. The first kappa shape index (κ1) is 16.5. The average molecular weight is 349 g/mol. The number of hydrogen-bond donors (Lipinski definition) is 0. The highest BCUT2D eigenvalue weighted by Gasteiger charge is 2.37. The van der Waals surface area contributed by atoms with E-state index in [2.05, 4.69) is 18.8 Å². The molecule has 1 aromatic carbocycles. The van der Waals surface area contributed by atoms with E-state index in [-0.39, 0.29) is 23.4 Å². The van der Waals surface area contributed by atoms with Crippen LogP contribution in [0.25, 0.3) is 6.08 Å². The Morgan fingerprint density at radius 1 is 1.23 bits per heavy atom. The third-order valence-corrected chi connectivity index (χ3v) is 4.62. The second kappa shape index (κ2) is 6.41. The van der Waals surface area contributed by atoms with Gasteiger partial charge in [-0.3, -0.25) is 14.6 Å². The Hall–Kier alpha value is -2.95. The molecule has 26 heavy (non-hydrogen) atoms. The SMILES string of the molecule is CC(C)C[C@@H]1CC(=O)Oc2ccc3c(c21)O/C(=C\c1cccnc1)C3=O. The number of carbonyl (C=O) groups excluding carboxylic acids is 2. The molecule has 0 saturated carbocycles. The van der Waals surface area contributed by atoms with Gasteiger partial charge in [-0.2, -0.15) is 0 Å². The molecule has 0 fully saturated rings. The fourth-order valence-electron chi connectivity index (χ4n) is 3.58. The minimum absolute atomic E-state index is 0.00765. The van der Waals surface area contributed by atoms with Crippen molar-refractivity contribution in [1.82, 2.24) is 4.98 Å². The molecular weight excluding hydrogens is 330 g/mol. The molecule has 2 aromatic rings. The van der Waals surface area contributed by atoms with Gasteiger partial charge in [-0.15, -0.1) is 0 Å². The molecule has 0 amide bonds. The van der Waals surface area contributed by atoms with Crippen LogP contribution in [0.5, 0.6) is 11.5 Å². The van der Waals surface area contributed by atoms with Gasteiger partial charge < -0.3 is 9.47 Å². The second-order valence-electron chi connectivity index (χ2n) is 7.08. The third kappa shape index (κ3) is 2.90. The van der Waals surface area contributed by atoms with E-state index in [4.69, 9.17) is 9.47 Å². The Labute approximate surface area is 151 Å². The summed E-state index contributed by atoms with van der Waals surface area (Å²) in [7, 11) is 0. The van der Waals surface area contributed by atoms with Crippen LogP contribution in [0.3, 0.4) is 0 Å². The molecule has 2 aliphatic heterocycles. The maximum atomic E-state index is 12.8. The van der Waals surface area contributed by atoms with Gasteiger partial charge in [0.2, 0.25) is 5.78 Å². The fourth-order valence-corrected chi connectivity index (χ4v) is 3.58. The number of esters is 1. The first-order valence-electron chi connectivity index (χ1n) is 8.74. The van der Waals surface area contributed by atoms with Crippen molar-refractivity contribution in [3.8, 4) is 11.5 Å². The van der Waals surface area contributed by atoms with Gasteiger partial charge in [0.1, 0.15) is 11.5 Å². The van der Waals surface area contributed by atoms with Crippen LogP contribution in [0.4, 0.5) is 0 Å². The van der Waals surface area contributed by atoms with E-state index >= 15 is 0 Å². The summed E-state index contributed by atoms with van der Waals surface area (Å²) in [4.78, 5) is 28.8. The van der Waals surface area contributed by atoms with E-state index in [1.54, 1.807) is 36.7 Å². The number of carbonyl (C=O) groups is 2. The summed E-state index contributed by atoms with van der Waals surface area (Å²) < 4.78 is 11.4. The van der Waals surface area contributed by atoms with Gasteiger partial charge in [0.25, 0.3) is 0 Å². The van der Waals surface area contributed by atoms with Crippen molar-refractivity contribution < 1.29 is 19.1 Å². The van der Waals surface area contributed by atoms with E-state index in [0.29, 0.717) is 29.4 Å². The standard InChI is InChI=1S/C21H19NO4/c1-12(2)8-14-10-18(23)25-16-6-5-15-20(24)17(26-21(15)19(14)16)9-13-4-3-7-22-11-13/h3-7,9,11-12,14H,8,10H2,1-2H3/b17-9-/t14-/m1/s1. The van der Waals surface area contributed by atoms with Crippen molar-refractivity contribution in [1.29, 1.82) is 0 Å². The van der Waals surface area contributed by atoms with E-state index in [1.807, 2.05) is 6.07 Å². The van der Waals surface area contributed by atoms with Gasteiger partial charge in [0, 0.05) is 23.9 Å². The summed E-state index contributed by atoms with van der Waals surface area (Å²) in [5, 5.41) is 0. The van der Waals surface area contributed by atoms with Gasteiger partial charge in [-0.1, -0.05) is 19.9 Å². The molecule has 1 atom stereocenters. The number of pyridine rings is 1. The monoisotopic (exact) mass is 349 g/mol. The van der Waals surface area contributed by atoms with E-state index < -0.39 is 0 Å². The number of benzene rings is 1. The number of rotatable bonds is 3. The summed E-state index contributed by atoms with van der Waals surface area (Å²) in [5.74, 6) is 1.30. The molecule has 0 aliphatic carbocycles. The molecule has 0 radical (unpaired) electrons. The van der Waals surface area contributed by atoms with Crippen LogP contribution in [0.1, 0.15) is 54.1 Å². The molecule has 1 aromatic heterocycles. The molecule has 0 bridgehead atoms. The molecular formula is C21H19NO4. The number of hydrogen-bond acceptors (Lipinski definition) is 5. The van der Waals surface area contributed by atoms with Gasteiger partial charge >= 0.3 is 5.97 Å². The Kier molecular flexibility index (Phi) is 4.07. The molecule has 5 heteroatoms. The molecule has 2 aliphatic rings. The number of Topliss-reactive ketones (excluding diaryl/α,β-unsaturated/α-hetero) is 1. The van der Waals surface area contributed by atoms with Crippen LogP contribution in [0.2, 0.25) is 0 Å². The summed E-state index contributed by atoms with van der Waals surface area (Å²) >= 11 is 0. The lowest BCUT2D eigenvalue weighted by molar-refractivity contribution is -0.136. The van der Waals surface area contributed by atoms with Crippen LogP contribution in [0, 0.1) is 5.92 Å². The topological polar surface area (TPSA) is 65.5 Å². The number of ether oxygens (including phenoxy) is 2. The molecule has 0 unspecified atom stereocenters. The molecule has 132 valence electrons. The number of aromatic nitrogens is 1. The van der Waals surface area contributed by atoms with Gasteiger partial charge in [0.05, 0.1) is 12.0 Å². The van der Waals surface area contributed by atoms with Gasteiger partial charge in [0.15, 0.2) is 5.76 Å². The Balaban J connectivity index is 1.77. The highest BCUT2D eigenvalue weighted by Crippen LogP contribution is 2.48. The van der Waals surface area contributed by atoms with Crippen LogP contribution in [-0.2, 0) is 4.79 Å². The van der Waals surface area contributed by atoms with Crippen molar-refractivity contribution in [2.24, 2.45) is 5.92 Å². The van der Waals surface area contributed by atoms with E-state index in [0.717, 1.165) is 17.5 Å². The maximum absolute atomic E-state index is 12.8. The van der Waals surface area contributed by atoms with Gasteiger partial charge in [-0.05, 0) is 42.2 Å². The second-order valence-corrected chi connectivity index (χ2v) is 7.08. The molecule has 0 spiro atoms. The molecule has 4 rings (SSSR count). The number of ketones is 1. The summed E-state index contributed by atoms with van der Waals surface area (Å²) in [5.41, 5.74) is 2.15. The summed E-state index contributed by atoms with van der Waals surface area (Å²) in [6.07, 6.45) is 6.17. The van der Waals surface area contributed by atoms with Crippen LogP contribution < -0.4 is 9.47 Å². The Morgan fingerprint density at radius 2 is 2.08 bits per heavy atom. The maximum Gasteiger partial charge on any atom is 0.311 e. The van der Waals surface area contributed by atoms with Crippen molar-refractivity contribution in [2.75, 3.05) is 0 Å². The zero-order valence-corrected chi connectivity index (χ0v) is 14.7. The number of allylic oxidation sites excluding steroid dienone is 1. The summed E-state index contributed by atoms with van der Waals surface area (Å²) in [6, 6.07) is 7.04. The lowest BCUT2D eigenvalue weighted by Gasteiger charge is -2.27. The van der Waals surface area contributed by atoms with Crippen LogP contribution >= 0.6 is 0 Å². The lowest BCUT2D eigenvalue weighted by atomic mass is 9.84. The van der Waals surface area contributed by atoms with Gasteiger partial charge in [-0.25, -0.2) is 0 Å². The quantitative estimate of drug-likeness (QED) is 0.473. The van der Waals surface area contributed by atoms with E-state index in [9.17, 15) is 9.59 Å². The number of nitrogens with zero attached hydrogens (tertiary/aromatic N) is 1. The van der Waals surface area contributed by atoms with Crippen molar-refractivity contribution in [2.45, 2.75) is 32.6 Å². The van der Waals surface area contributed by atoms with Crippen LogP contribution in [-0.4, -0.2) is 16.7 Å². The highest BCUT2D eigenvalue weighted by molar-refractivity contribution is 6.15. The third-order valence-electron chi connectivity index (χ3n) is 4.62. The van der Waals surface area contributed by atoms with Crippen molar-refractivity contribution in [3.63, 3.8) is 0 Å². The zero-order valence-electron chi connectivity index (χ0n) is 14.7. The fraction of sp³-hybridized carbons (Fsp3) is 0.286. The number of fused-ring (bicyclic) bond motifs is 3. The predicted molar refractivity (Wildman–Crippen MR) is 96.1 cm³/mol. The molecule has 5 nitrogen and oxygen atoms in total. The minimum atomic E-state index is -0.237. The predicted octanol–water partition coefficient (Wildman–Crippen LogP) is 4.14. The minimum Gasteiger partial charge on any atom is -0.452 e. The average Bonchev–Trinajstić information content (AvgIpc) is 2.91. The van der Waals surface area contributed by atoms with Crippen molar-refractivity contribution in [3.05, 3.63) is 59.1 Å². The molecule has 0 N–H and O–H groups in total. The Morgan fingerprint density at radius 3 is 2.81 bits per heavy atom. The summed E-state index contributed by atoms with van der Waals surface area (Å²) in [6.45, 7) is 4.23. The first-order chi connectivity index (χ1) is 12.5.